The number of amides is 1. The molecule has 1 fully saturated rings. The van der Waals surface area contributed by atoms with Gasteiger partial charge in [-0.05, 0) is 25.0 Å². The van der Waals surface area contributed by atoms with Crippen LogP contribution < -0.4 is 5.11 Å². The maximum absolute atomic E-state index is 12.2. The molecule has 2 aromatic rings. The fourth-order valence-electron chi connectivity index (χ4n) is 2.78. The Hall–Kier alpha value is -2.37. The molecule has 0 atom stereocenters. The molecule has 0 saturated carbocycles. The first-order chi connectivity index (χ1) is 10.1. The Bertz CT molecular complexity index is 687. The minimum absolute atomic E-state index is 0.00223. The number of fused-ring (bicyclic) bond motifs is 1. The van der Waals surface area contributed by atoms with Crippen LogP contribution in [0.25, 0.3) is 11.0 Å². The molecule has 0 unspecified atom stereocenters. The summed E-state index contributed by atoms with van der Waals surface area (Å²) in [4.78, 5) is 29.4. The number of para-hydroxylation sites is 2. The number of benzene rings is 1. The molecule has 1 aliphatic rings. The number of rotatable bonds is 4. The summed E-state index contributed by atoms with van der Waals surface area (Å²) in [6.45, 7) is 1.27. The number of aliphatic carboxylic acids is 1. The van der Waals surface area contributed by atoms with Crippen molar-refractivity contribution in [3.63, 3.8) is 0 Å². The number of carbonyl (C=O) groups is 2. The van der Waals surface area contributed by atoms with Crippen LogP contribution in [0.2, 0.25) is 0 Å². The molecule has 2 heterocycles. The van der Waals surface area contributed by atoms with Gasteiger partial charge in [-0.1, -0.05) is 12.1 Å². The first-order valence-electron chi connectivity index (χ1n) is 7.07. The van der Waals surface area contributed by atoms with Crippen LogP contribution in [-0.2, 0) is 22.6 Å². The SMILES string of the molecule is O=C([O-])Cn1c(CC(=O)N2CCCC2)nc2ccccc21. The lowest BCUT2D eigenvalue weighted by Gasteiger charge is -2.16. The minimum Gasteiger partial charge on any atom is -0.548 e. The summed E-state index contributed by atoms with van der Waals surface area (Å²) in [5.41, 5.74) is 1.41. The quantitative estimate of drug-likeness (QED) is 0.789. The predicted octanol–water partition coefficient (Wildman–Crippen LogP) is -0.0489. The summed E-state index contributed by atoms with van der Waals surface area (Å²) >= 11 is 0. The molecule has 1 amide bonds. The number of carbonyl (C=O) groups excluding carboxylic acids is 2. The molecule has 1 aromatic carbocycles. The number of nitrogens with zero attached hydrogens (tertiary/aromatic N) is 3. The molecule has 1 aromatic heterocycles. The van der Waals surface area contributed by atoms with Crippen molar-refractivity contribution in [2.45, 2.75) is 25.8 Å². The molecular weight excluding hydrogens is 270 g/mol. The van der Waals surface area contributed by atoms with Gasteiger partial charge in [0, 0.05) is 13.1 Å². The lowest BCUT2D eigenvalue weighted by atomic mass is 10.3. The van der Waals surface area contributed by atoms with E-state index < -0.39 is 5.97 Å². The van der Waals surface area contributed by atoms with E-state index in [9.17, 15) is 14.7 Å². The van der Waals surface area contributed by atoms with Gasteiger partial charge in [-0.15, -0.1) is 0 Å². The van der Waals surface area contributed by atoms with Crippen molar-refractivity contribution in [3.05, 3.63) is 30.1 Å². The maximum Gasteiger partial charge on any atom is 0.230 e. The predicted molar refractivity (Wildman–Crippen MR) is 74.3 cm³/mol. The van der Waals surface area contributed by atoms with Gasteiger partial charge in [0.25, 0.3) is 0 Å². The molecule has 3 rings (SSSR count). The Balaban J connectivity index is 1.92. The molecule has 110 valence electrons. The largest absolute Gasteiger partial charge is 0.548 e. The highest BCUT2D eigenvalue weighted by molar-refractivity contribution is 5.82. The van der Waals surface area contributed by atoms with Gasteiger partial charge < -0.3 is 19.4 Å². The van der Waals surface area contributed by atoms with E-state index in [1.807, 2.05) is 23.1 Å². The van der Waals surface area contributed by atoms with Crippen molar-refractivity contribution in [3.8, 4) is 0 Å². The molecule has 0 bridgehead atoms. The zero-order valence-electron chi connectivity index (χ0n) is 11.6. The topological polar surface area (TPSA) is 78.3 Å². The molecule has 1 aliphatic heterocycles. The van der Waals surface area contributed by atoms with E-state index in [0.29, 0.717) is 16.9 Å². The third kappa shape index (κ3) is 2.74. The van der Waals surface area contributed by atoms with E-state index in [-0.39, 0.29) is 18.9 Å². The number of carboxylic acid groups (broad SMARTS) is 1. The Labute approximate surface area is 122 Å². The zero-order chi connectivity index (χ0) is 14.8. The second kappa shape index (κ2) is 5.55. The standard InChI is InChI=1S/C15H17N3O3/c19-14(17-7-3-4-8-17)9-13-16-11-5-1-2-6-12(11)18(13)10-15(20)21/h1-2,5-6H,3-4,7-10H2,(H,20,21)/p-1. The summed E-state index contributed by atoms with van der Waals surface area (Å²) < 4.78 is 1.55. The van der Waals surface area contributed by atoms with E-state index in [1.54, 1.807) is 10.6 Å². The van der Waals surface area contributed by atoms with Gasteiger partial charge in [-0.25, -0.2) is 4.98 Å². The number of likely N-dealkylation sites (tertiary alicyclic amines) is 1. The molecule has 0 spiro atoms. The normalized spacial score (nSPS) is 14.8. The highest BCUT2D eigenvalue weighted by atomic mass is 16.4. The summed E-state index contributed by atoms with van der Waals surface area (Å²) in [5.74, 6) is -0.701. The van der Waals surface area contributed by atoms with Crippen LogP contribution in [-0.4, -0.2) is 39.4 Å². The Morgan fingerprint density at radius 2 is 1.90 bits per heavy atom. The van der Waals surface area contributed by atoms with Gasteiger partial charge in [0.1, 0.15) is 5.82 Å². The summed E-state index contributed by atoms with van der Waals surface area (Å²) in [7, 11) is 0. The van der Waals surface area contributed by atoms with Crippen LogP contribution in [0.1, 0.15) is 18.7 Å². The highest BCUT2D eigenvalue weighted by Crippen LogP contribution is 2.17. The number of carboxylic acids is 1. The molecule has 6 heteroatoms. The average molecular weight is 286 g/mol. The van der Waals surface area contributed by atoms with Crippen LogP contribution in [0.4, 0.5) is 0 Å². The lowest BCUT2D eigenvalue weighted by molar-refractivity contribution is -0.306. The fourth-order valence-corrected chi connectivity index (χ4v) is 2.78. The molecular formula is C15H16N3O3-. The first-order valence-corrected chi connectivity index (χ1v) is 7.07. The van der Waals surface area contributed by atoms with E-state index in [2.05, 4.69) is 4.98 Å². The third-order valence-corrected chi connectivity index (χ3v) is 3.79. The van der Waals surface area contributed by atoms with Gasteiger partial charge in [0.2, 0.25) is 5.91 Å². The van der Waals surface area contributed by atoms with E-state index in [0.717, 1.165) is 25.9 Å². The van der Waals surface area contributed by atoms with E-state index >= 15 is 0 Å². The maximum atomic E-state index is 12.2. The van der Waals surface area contributed by atoms with Gasteiger partial charge in [-0.2, -0.15) is 0 Å². The first kappa shape index (κ1) is 13.6. The number of aromatic nitrogens is 2. The summed E-state index contributed by atoms with van der Waals surface area (Å²) in [6.07, 6.45) is 2.18. The molecule has 6 nitrogen and oxygen atoms in total. The fraction of sp³-hybridized carbons (Fsp3) is 0.400. The average Bonchev–Trinajstić information content (AvgIpc) is 3.08. The second-order valence-electron chi connectivity index (χ2n) is 5.24. The molecule has 21 heavy (non-hydrogen) atoms. The van der Waals surface area contributed by atoms with Crippen LogP contribution >= 0.6 is 0 Å². The van der Waals surface area contributed by atoms with E-state index in [1.165, 1.54) is 0 Å². The molecule has 0 radical (unpaired) electrons. The monoisotopic (exact) mass is 286 g/mol. The third-order valence-electron chi connectivity index (χ3n) is 3.79. The molecule has 0 aliphatic carbocycles. The number of hydrogen-bond acceptors (Lipinski definition) is 4. The van der Waals surface area contributed by atoms with E-state index in [4.69, 9.17) is 0 Å². The zero-order valence-corrected chi connectivity index (χ0v) is 11.6. The van der Waals surface area contributed by atoms with Crippen molar-refractivity contribution >= 4 is 22.9 Å². The summed E-state index contributed by atoms with van der Waals surface area (Å²) in [6, 6.07) is 7.27. The smallest absolute Gasteiger partial charge is 0.230 e. The lowest BCUT2D eigenvalue weighted by Crippen LogP contribution is -2.32. The van der Waals surface area contributed by atoms with Gasteiger partial charge >= 0.3 is 0 Å². The van der Waals surface area contributed by atoms with Crippen molar-refractivity contribution < 1.29 is 14.7 Å². The van der Waals surface area contributed by atoms with Crippen molar-refractivity contribution in [1.82, 2.24) is 14.5 Å². The van der Waals surface area contributed by atoms with Crippen LogP contribution in [0.5, 0.6) is 0 Å². The number of hydrogen-bond donors (Lipinski definition) is 0. The van der Waals surface area contributed by atoms with Crippen molar-refractivity contribution in [2.75, 3.05) is 13.1 Å². The second-order valence-corrected chi connectivity index (χ2v) is 5.24. The van der Waals surface area contributed by atoms with Crippen LogP contribution in [0, 0.1) is 0 Å². The van der Waals surface area contributed by atoms with Crippen molar-refractivity contribution in [1.29, 1.82) is 0 Å². The van der Waals surface area contributed by atoms with Crippen molar-refractivity contribution in [2.24, 2.45) is 0 Å². The highest BCUT2D eigenvalue weighted by Gasteiger charge is 2.21. The Kier molecular flexibility index (Phi) is 3.60. The van der Waals surface area contributed by atoms with Gasteiger partial charge in [-0.3, -0.25) is 4.79 Å². The Morgan fingerprint density at radius 1 is 1.19 bits per heavy atom. The molecule has 0 N–H and O–H groups in total. The Morgan fingerprint density at radius 3 is 2.62 bits per heavy atom. The van der Waals surface area contributed by atoms with Crippen LogP contribution in [0.3, 0.4) is 0 Å². The summed E-state index contributed by atoms with van der Waals surface area (Å²) in [5, 5.41) is 10.9. The molecule has 1 saturated heterocycles. The number of imidazole rings is 1. The van der Waals surface area contributed by atoms with Gasteiger partial charge in [0.15, 0.2) is 0 Å². The van der Waals surface area contributed by atoms with Gasteiger partial charge in [0.05, 0.1) is 30.0 Å². The van der Waals surface area contributed by atoms with Crippen LogP contribution in [0.15, 0.2) is 24.3 Å². The minimum atomic E-state index is -1.19.